The zero-order valence-electron chi connectivity index (χ0n) is 8.86. The third-order valence-electron chi connectivity index (χ3n) is 2.05. The second-order valence-electron chi connectivity index (χ2n) is 3.03. The minimum Gasteiger partial charge on any atom is -0.506 e. The van der Waals surface area contributed by atoms with Crippen LogP contribution >= 0.6 is 11.6 Å². The molecule has 2 heteroatoms. The molecule has 16 heavy (non-hydrogen) atoms. The van der Waals surface area contributed by atoms with Crippen LogP contribution in [0.5, 0.6) is 5.75 Å². The highest BCUT2D eigenvalue weighted by Gasteiger charge is 2.01. The zero-order chi connectivity index (χ0) is 12.0. The molecule has 0 unspecified atom stereocenters. The Morgan fingerprint density at radius 1 is 0.875 bits per heavy atom. The summed E-state index contributed by atoms with van der Waals surface area (Å²) in [6.45, 7) is 6.00. The van der Waals surface area contributed by atoms with Gasteiger partial charge in [-0.05, 0) is 23.3 Å². The topological polar surface area (TPSA) is 20.2 Å². The fourth-order valence-electron chi connectivity index (χ4n) is 1.32. The van der Waals surface area contributed by atoms with Crippen molar-refractivity contribution in [2.24, 2.45) is 0 Å². The van der Waals surface area contributed by atoms with Crippen LogP contribution in [-0.4, -0.2) is 5.11 Å². The standard InChI is InChI=1S/C12H9ClO.C2H4/c13-11-8-10(6-7-12(11)14)9-4-2-1-3-5-9;1-2/h1-8,14H;1-2H2. The quantitative estimate of drug-likeness (QED) is 0.717. The van der Waals surface area contributed by atoms with Gasteiger partial charge in [-0.2, -0.15) is 0 Å². The van der Waals surface area contributed by atoms with Crippen molar-refractivity contribution in [1.82, 2.24) is 0 Å². The molecule has 0 heterocycles. The van der Waals surface area contributed by atoms with Crippen molar-refractivity contribution in [2.45, 2.75) is 0 Å². The Morgan fingerprint density at radius 3 is 2.06 bits per heavy atom. The van der Waals surface area contributed by atoms with Crippen LogP contribution in [0.1, 0.15) is 0 Å². The van der Waals surface area contributed by atoms with Gasteiger partial charge in [0, 0.05) is 0 Å². The van der Waals surface area contributed by atoms with Gasteiger partial charge in [0.1, 0.15) is 5.75 Å². The molecule has 82 valence electrons. The van der Waals surface area contributed by atoms with E-state index in [4.69, 9.17) is 11.6 Å². The molecule has 0 aromatic heterocycles. The van der Waals surface area contributed by atoms with Gasteiger partial charge in [-0.25, -0.2) is 0 Å². The summed E-state index contributed by atoms with van der Waals surface area (Å²) in [6, 6.07) is 15.1. The van der Waals surface area contributed by atoms with Gasteiger partial charge in [0.25, 0.3) is 0 Å². The highest BCUT2D eigenvalue weighted by Crippen LogP contribution is 2.28. The molecule has 0 spiro atoms. The second kappa shape index (κ2) is 5.99. The van der Waals surface area contributed by atoms with Crippen molar-refractivity contribution in [3.8, 4) is 16.9 Å². The first kappa shape index (κ1) is 12.3. The van der Waals surface area contributed by atoms with Crippen molar-refractivity contribution >= 4 is 11.6 Å². The fraction of sp³-hybridized carbons (Fsp3) is 0. The van der Waals surface area contributed by atoms with Crippen molar-refractivity contribution in [1.29, 1.82) is 0 Å². The Kier molecular flexibility index (Phi) is 4.62. The monoisotopic (exact) mass is 232 g/mol. The summed E-state index contributed by atoms with van der Waals surface area (Å²) in [6.07, 6.45) is 0. The van der Waals surface area contributed by atoms with E-state index in [1.54, 1.807) is 12.1 Å². The van der Waals surface area contributed by atoms with Gasteiger partial charge >= 0.3 is 0 Å². The molecule has 2 aromatic rings. The van der Waals surface area contributed by atoms with Gasteiger partial charge in [-0.15, -0.1) is 13.2 Å². The highest BCUT2D eigenvalue weighted by molar-refractivity contribution is 6.32. The predicted octanol–water partition coefficient (Wildman–Crippen LogP) is 4.51. The predicted molar refractivity (Wildman–Crippen MR) is 69.8 cm³/mol. The number of aromatic hydroxyl groups is 1. The van der Waals surface area contributed by atoms with E-state index in [-0.39, 0.29) is 5.75 Å². The number of halogens is 1. The molecule has 0 aliphatic heterocycles. The van der Waals surface area contributed by atoms with E-state index in [0.29, 0.717) is 5.02 Å². The summed E-state index contributed by atoms with van der Waals surface area (Å²) in [4.78, 5) is 0. The van der Waals surface area contributed by atoms with Gasteiger partial charge in [-0.3, -0.25) is 0 Å². The number of phenolic OH excluding ortho intramolecular Hbond substituents is 1. The van der Waals surface area contributed by atoms with Crippen molar-refractivity contribution in [3.05, 3.63) is 66.7 Å². The molecule has 0 saturated heterocycles. The van der Waals surface area contributed by atoms with E-state index < -0.39 is 0 Å². The average Bonchev–Trinajstić information content (AvgIpc) is 2.36. The van der Waals surface area contributed by atoms with E-state index in [9.17, 15) is 5.11 Å². The third kappa shape index (κ3) is 2.88. The van der Waals surface area contributed by atoms with E-state index >= 15 is 0 Å². The van der Waals surface area contributed by atoms with Gasteiger partial charge in [-0.1, -0.05) is 48.0 Å². The van der Waals surface area contributed by atoms with Crippen LogP contribution in [0.2, 0.25) is 5.02 Å². The third-order valence-corrected chi connectivity index (χ3v) is 2.36. The molecule has 2 aromatic carbocycles. The maximum absolute atomic E-state index is 9.26. The molecule has 1 nitrogen and oxygen atoms in total. The molecule has 0 fully saturated rings. The molecule has 0 aliphatic carbocycles. The number of hydrogen-bond donors (Lipinski definition) is 1. The molecule has 0 amide bonds. The van der Waals surface area contributed by atoms with Crippen LogP contribution in [0, 0.1) is 0 Å². The number of benzene rings is 2. The van der Waals surface area contributed by atoms with Crippen LogP contribution in [0.3, 0.4) is 0 Å². The minimum absolute atomic E-state index is 0.117. The Balaban J connectivity index is 0.000000606. The first-order valence-corrected chi connectivity index (χ1v) is 5.19. The van der Waals surface area contributed by atoms with E-state index in [0.717, 1.165) is 11.1 Å². The molecule has 2 rings (SSSR count). The SMILES string of the molecule is C=C.Oc1ccc(-c2ccccc2)cc1Cl. The summed E-state index contributed by atoms with van der Waals surface area (Å²) < 4.78 is 0. The number of hydrogen-bond acceptors (Lipinski definition) is 1. The first-order valence-electron chi connectivity index (χ1n) is 4.81. The van der Waals surface area contributed by atoms with Crippen molar-refractivity contribution < 1.29 is 5.11 Å². The summed E-state index contributed by atoms with van der Waals surface area (Å²) in [5, 5.41) is 9.64. The molecule has 0 atom stereocenters. The molecular formula is C14H13ClO. The van der Waals surface area contributed by atoms with Crippen LogP contribution in [0.4, 0.5) is 0 Å². The molecule has 0 radical (unpaired) electrons. The van der Waals surface area contributed by atoms with Crippen LogP contribution < -0.4 is 0 Å². The van der Waals surface area contributed by atoms with E-state index in [1.165, 1.54) is 0 Å². The molecule has 0 bridgehead atoms. The van der Waals surface area contributed by atoms with Crippen LogP contribution in [0.15, 0.2) is 61.7 Å². The molecular weight excluding hydrogens is 220 g/mol. The number of rotatable bonds is 1. The summed E-state index contributed by atoms with van der Waals surface area (Å²) >= 11 is 5.81. The van der Waals surface area contributed by atoms with Crippen molar-refractivity contribution in [3.63, 3.8) is 0 Å². The van der Waals surface area contributed by atoms with Gasteiger partial charge < -0.3 is 5.11 Å². The Morgan fingerprint density at radius 2 is 1.50 bits per heavy atom. The lowest BCUT2D eigenvalue weighted by Crippen LogP contribution is -1.76. The van der Waals surface area contributed by atoms with Crippen molar-refractivity contribution in [2.75, 3.05) is 0 Å². The molecule has 1 N–H and O–H groups in total. The van der Waals surface area contributed by atoms with E-state index in [1.807, 2.05) is 36.4 Å². The minimum atomic E-state index is 0.117. The lowest BCUT2D eigenvalue weighted by atomic mass is 10.1. The first-order chi connectivity index (χ1) is 7.77. The second-order valence-corrected chi connectivity index (χ2v) is 3.44. The number of phenols is 1. The largest absolute Gasteiger partial charge is 0.506 e. The van der Waals surface area contributed by atoms with Gasteiger partial charge in [0.05, 0.1) is 5.02 Å². The maximum atomic E-state index is 9.26. The summed E-state index contributed by atoms with van der Waals surface area (Å²) in [5.74, 6) is 0.117. The Labute approximate surface area is 101 Å². The smallest absolute Gasteiger partial charge is 0.134 e. The fourth-order valence-corrected chi connectivity index (χ4v) is 1.50. The average molecular weight is 233 g/mol. The van der Waals surface area contributed by atoms with Gasteiger partial charge in [0.15, 0.2) is 0 Å². The molecule has 0 aliphatic rings. The van der Waals surface area contributed by atoms with Crippen LogP contribution in [0.25, 0.3) is 11.1 Å². The maximum Gasteiger partial charge on any atom is 0.134 e. The normalized spacial score (nSPS) is 9.06. The Hall–Kier alpha value is -1.73. The Bertz CT molecular complexity index is 452. The van der Waals surface area contributed by atoms with Gasteiger partial charge in [0.2, 0.25) is 0 Å². The van der Waals surface area contributed by atoms with E-state index in [2.05, 4.69) is 13.2 Å². The lowest BCUT2D eigenvalue weighted by molar-refractivity contribution is 0.475. The highest BCUT2D eigenvalue weighted by atomic mass is 35.5. The zero-order valence-corrected chi connectivity index (χ0v) is 9.61. The molecule has 0 saturated carbocycles. The summed E-state index contributed by atoms with van der Waals surface area (Å²) in [5.41, 5.74) is 2.10. The summed E-state index contributed by atoms with van der Waals surface area (Å²) in [7, 11) is 0. The van der Waals surface area contributed by atoms with Crippen LogP contribution in [-0.2, 0) is 0 Å². The lowest BCUT2D eigenvalue weighted by Gasteiger charge is -2.02.